The molecule has 4 heteroatoms. The van der Waals surface area contributed by atoms with Crippen LogP contribution in [-0.4, -0.2) is 35.7 Å². The van der Waals surface area contributed by atoms with E-state index in [1.165, 1.54) is 12.8 Å². The Morgan fingerprint density at radius 1 is 1.53 bits per heavy atom. The van der Waals surface area contributed by atoms with Gasteiger partial charge in [-0.2, -0.15) is 0 Å². The molecule has 1 aliphatic carbocycles. The van der Waals surface area contributed by atoms with Gasteiger partial charge in [-0.25, -0.2) is 5.06 Å². The smallest absolute Gasteiger partial charge is 0.243 e. The molecule has 3 fully saturated rings. The highest BCUT2D eigenvalue weighted by Gasteiger charge is 2.64. The monoisotopic (exact) mass is 210 g/mol. The fourth-order valence-electron chi connectivity index (χ4n) is 3.12. The van der Waals surface area contributed by atoms with E-state index in [-0.39, 0.29) is 11.5 Å². The van der Waals surface area contributed by atoms with Crippen molar-refractivity contribution in [1.29, 1.82) is 0 Å². The predicted molar refractivity (Wildman–Crippen MR) is 55.0 cm³/mol. The molecule has 0 aromatic rings. The third kappa shape index (κ3) is 1.39. The maximum absolute atomic E-state index is 11.3. The Morgan fingerprint density at radius 3 is 3.07 bits per heavy atom. The van der Waals surface area contributed by atoms with Crippen LogP contribution in [0.2, 0.25) is 0 Å². The fourth-order valence-corrected chi connectivity index (χ4v) is 3.12. The first-order valence-corrected chi connectivity index (χ1v) is 5.93. The van der Waals surface area contributed by atoms with Crippen molar-refractivity contribution < 1.29 is 9.63 Å². The summed E-state index contributed by atoms with van der Waals surface area (Å²) >= 11 is 0. The highest BCUT2D eigenvalue weighted by Crippen LogP contribution is 2.55. The minimum atomic E-state index is -0.0274. The molecule has 4 nitrogen and oxygen atoms in total. The van der Waals surface area contributed by atoms with Crippen LogP contribution in [-0.2, 0) is 9.63 Å². The van der Waals surface area contributed by atoms with E-state index in [1.807, 2.05) is 0 Å². The summed E-state index contributed by atoms with van der Waals surface area (Å²) < 4.78 is 0. The number of fused-ring (bicyclic) bond motifs is 1. The van der Waals surface area contributed by atoms with Crippen molar-refractivity contribution in [2.24, 2.45) is 5.92 Å². The van der Waals surface area contributed by atoms with Crippen LogP contribution < -0.4 is 5.32 Å². The van der Waals surface area contributed by atoms with Gasteiger partial charge in [-0.15, -0.1) is 0 Å². The lowest BCUT2D eigenvalue weighted by molar-refractivity contribution is -0.234. The molecule has 84 valence electrons. The Kier molecular flexibility index (Phi) is 2.04. The summed E-state index contributed by atoms with van der Waals surface area (Å²) in [6.07, 6.45) is 4.68. The van der Waals surface area contributed by atoms with Gasteiger partial charge in [-0.05, 0) is 38.1 Å². The van der Waals surface area contributed by atoms with Crippen LogP contribution in [0.5, 0.6) is 0 Å². The lowest BCUT2D eigenvalue weighted by Gasteiger charge is -2.35. The van der Waals surface area contributed by atoms with Crippen molar-refractivity contribution in [2.45, 2.75) is 44.2 Å². The molecule has 2 saturated heterocycles. The predicted octanol–water partition coefficient (Wildman–Crippen LogP) is 0.681. The molecule has 3 atom stereocenters. The Bertz CT molecular complexity index is 288. The van der Waals surface area contributed by atoms with Gasteiger partial charge >= 0.3 is 0 Å². The maximum Gasteiger partial charge on any atom is 0.243 e. The summed E-state index contributed by atoms with van der Waals surface area (Å²) in [6.45, 7) is 3.45. The van der Waals surface area contributed by atoms with Crippen molar-refractivity contribution in [2.75, 3.05) is 13.1 Å². The first kappa shape index (κ1) is 9.60. The number of nitrogens with zero attached hydrogens (tertiary/aromatic N) is 1. The Labute approximate surface area is 89.9 Å². The molecule has 2 heterocycles. The van der Waals surface area contributed by atoms with Gasteiger partial charge < -0.3 is 5.32 Å². The SMILES string of the molecule is CC(=O)N1CC[C@@H]2CC2([C@@H]2CCCN2)O1. The molecule has 1 saturated carbocycles. The van der Waals surface area contributed by atoms with E-state index in [1.54, 1.807) is 12.0 Å². The standard InChI is InChI=1S/C11H18N2O2/c1-8(14)13-6-4-9-7-11(9,15-13)10-3-2-5-12-10/h9-10,12H,2-7H2,1H3/t9-,10+,11?/m1/s1. The number of carbonyl (C=O) groups excluding carboxylic acids is 1. The van der Waals surface area contributed by atoms with Crippen LogP contribution in [0.4, 0.5) is 0 Å². The summed E-state index contributed by atoms with van der Waals surface area (Å²) in [5.41, 5.74) is -0.0274. The average molecular weight is 210 g/mol. The number of carbonyl (C=O) groups is 1. The summed E-state index contributed by atoms with van der Waals surface area (Å²) in [5, 5.41) is 5.06. The Hall–Kier alpha value is -0.610. The number of nitrogens with one attached hydrogen (secondary N) is 1. The van der Waals surface area contributed by atoms with Gasteiger partial charge in [0, 0.05) is 19.5 Å². The molecule has 1 amide bonds. The number of hydrogen-bond acceptors (Lipinski definition) is 3. The van der Waals surface area contributed by atoms with Gasteiger partial charge in [0.25, 0.3) is 0 Å². The van der Waals surface area contributed by atoms with Crippen LogP contribution >= 0.6 is 0 Å². The quantitative estimate of drug-likeness (QED) is 0.692. The van der Waals surface area contributed by atoms with Crippen LogP contribution in [0.1, 0.15) is 32.6 Å². The van der Waals surface area contributed by atoms with Gasteiger partial charge in [0.05, 0.1) is 0 Å². The molecule has 2 aliphatic heterocycles. The summed E-state index contributed by atoms with van der Waals surface area (Å²) in [5.74, 6) is 0.724. The molecule has 15 heavy (non-hydrogen) atoms. The van der Waals surface area contributed by atoms with Crippen LogP contribution in [0.15, 0.2) is 0 Å². The molecule has 0 aromatic heterocycles. The Morgan fingerprint density at radius 2 is 2.40 bits per heavy atom. The third-order valence-electron chi connectivity index (χ3n) is 4.06. The number of hydroxylamine groups is 2. The topological polar surface area (TPSA) is 41.6 Å². The molecule has 0 bridgehead atoms. The second-order valence-electron chi connectivity index (χ2n) is 5.01. The summed E-state index contributed by atoms with van der Waals surface area (Å²) in [6, 6.07) is 0.477. The fraction of sp³-hybridized carbons (Fsp3) is 0.909. The molecular formula is C11H18N2O2. The number of rotatable bonds is 1. The average Bonchev–Trinajstić information content (AvgIpc) is 2.70. The van der Waals surface area contributed by atoms with Gasteiger partial charge in [0.2, 0.25) is 5.91 Å². The highest BCUT2D eigenvalue weighted by molar-refractivity contribution is 5.72. The second kappa shape index (κ2) is 3.19. The van der Waals surface area contributed by atoms with E-state index in [2.05, 4.69) is 5.32 Å². The van der Waals surface area contributed by atoms with Crippen molar-refractivity contribution in [1.82, 2.24) is 10.4 Å². The number of hydrogen-bond donors (Lipinski definition) is 1. The lowest BCUT2D eigenvalue weighted by Crippen LogP contribution is -2.49. The maximum atomic E-state index is 11.3. The second-order valence-corrected chi connectivity index (χ2v) is 5.01. The largest absolute Gasteiger partial charge is 0.311 e. The Balaban J connectivity index is 1.73. The summed E-state index contributed by atoms with van der Waals surface area (Å²) in [7, 11) is 0. The van der Waals surface area contributed by atoms with Crippen molar-refractivity contribution in [3.63, 3.8) is 0 Å². The van der Waals surface area contributed by atoms with Crippen LogP contribution in [0.25, 0.3) is 0 Å². The summed E-state index contributed by atoms with van der Waals surface area (Å²) in [4.78, 5) is 17.2. The normalized spacial score (nSPS) is 43.9. The molecule has 0 radical (unpaired) electrons. The van der Waals surface area contributed by atoms with E-state index in [9.17, 15) is 4.79 Å². The minimum Gasteiger partial charge on any atom is -0.311 e. The van der Waals surface area contributed by atoms with E-state index in [0.717, 1.165) is 25.9 Å². The molecule has 0 aromatic carbocycles. The molecule has 0 spiro atoms. The van der Waals surface area contributed by atoms with Crippen LogP contribution in [0.3, 0.4) is 0 Å². The first-order chi connectivity index (χ1) is 7.22. The van der Waals surface area contributed by atoms with E-state index in [4.69, 9.17) is 4.84 Å². The van der Waals surface area contributed by atoms with Gasteiger partial charge in [-0.1, -0.05) is 0 Å². The van der Waals surface area contributed by atoms with E-state index in [0.29, 0.717) is 12.0 Å². The highest BCUT2D eigenvalue weighted by atomic mass is 16.7. The van der Waals surface area contributed by atoms with Crippen molar-refractivity contribution in [3.8, 4) is 0 Å². The zero-order valence-corrected chi connectivity index (χ0v) is 9.16. The lowest BCUT2D eigenvalue weighted by atomic mass is 10.0. The zero-order valence-electron chi connectivity index (χ0n) is 9.16. The molecule has 1 N–H and O–H groups in total. The molecular weight excluding hydrogens is 192 g/mol. The van der Waals surface area contributed by atoms with Crippen molar-refractivity contribution >= 4 is 5.91 Å². The van der Waals surface area contributed by atoms with Gasteiger partial charge in [0.15, 0.2) is 0 Å². The molecule has 3 aliphatic rings. The third-order valence-corrected chi connectivity index (χ3v) is 4.06. The minimum absolute atomic E-state index is 0.0274. The van der Waals surface area contributed by atoms with Gasteiger partial charge in [0.1, 0.15) is 5.60 Å². The van der Waals surface area contributed by atoms with Crippen molar-refractivity contribution in [3.05, 3.63) is 0 Å². The van der Waals surface area contributed by atoms with Crippen LogP contribution in [0, 0.1) is 5.92 Å². The molecule has 1 unspecified atom stereocenters. The first-order valence-electron chi connectivity index (χ1n) is 5.93. The van der Waals surface area contributed by atoms with E-state index < -0.39 is 0 Å². The number of amides is 1. The molecule has 3 rings (SSSR count). The van der Waals surface area contributed by atoms with Gasteiger partial charge in [-0.3, -0.25) is 9.63 Å². The van der Waals surface area contributed by atoms with E-state index >= 15 is 0 Å². The zero-order chi connectivity index (χ0) is 10.5.